The van der Waals surface area contributed by atoms with Gasteiger partial charge in [0.25, 0.3) is 0 Å². The van der Waals surface area contributed by atoms with Crippen LogP contribution in [0.15, 0.2) is 11.6 Å². The summed E-state index contributed by atoms with van der Waals surface area (Å²) in [5.74, 6) is 0. The minimum absolute atomic E-state index is 0.143. The minimum atomic E-state index is -0.143. The van der Waals surface area contributed by atoms with Gasteiger partial charge in [-0.15, -0.1) is 11.3 Å². The fourth-order valence-electron chi connectivity index (χ4n) is 2.17. The van der Waals surface area contributed by atoms with Gasteiger partial charge in [0.05, 0.1) is 17.1 Å². The molecule has 0 aliphatic carbocycles. The zero-order valence-electron chi connectivity index (χ0n) is 9.93. The molecule has 18 heavy (non-hydrogen) atoms. The number of nitrogens with zero attached hydrogens (tertiary/aromatic N) is 3. The van der Waals surface area contributed by atoms with E-state index in [0.29, 0.717) is 11.7 Å². The normalized spacial score (nSPS) is 14.4. The molecule has 0 saturated carbocycles. The van der Waals surface area contributed by atoms with Gasteiger partial charge in [-0.1, -0.05) is 0 Å². The molecule has 2 amide bonds. The summed E-state index contributed by atoms with van der Waals surface area (Å²) < 4.78 is 0. The van der Waals surface area contributed by atoms with Gasteiger partial charge in [0.1, 0.15) is 0 Å². The van der Waals surface area contributed by atoms with Crippen LogP contribution in [0.2, 0.25) is 0 Å². The molecule has 0 bridgehead atoms. The maximum absolute atomic E-state index is 12.2. The summed E-state index contributed by atoms with van der Waals surface area (Å²) in [7, 11) is 0. The number of aryl methyl sites for hydroxylation is 2. The lowest BCUT2D eigenvalue weighted by molar-refractivity contribution is 0.256. The molecular formula is C11H13N5OS. The number of rotatable bonds is 1. The van der Waals surface area contributed by atoms with Crippen LogP contribution in [0, 0.1) is 6.92 Å². The number of thiazole rings is 1. The van der Waals surface area contributed by atoms with Crippen LogP contribution in [0.3, 0.4) is 0 Å². The number of fused-ring (bicyclic) bond motifs is 1. The fourth-order valence-corrected chi connectivity index (χ4v) is 2.69. The van der Waals surface area contributed by atoms with Gasteiger partial charge in [-0.05, 0) is 19.8 Å². The molecule has 2 aromatic heterocycles. The molecule has 0 spiro atoms. The van der Waals surface area contributed by atoms with Crippen molar-refractivity contribution in [3.63, 3.8) is 0 Å². The lowest BCUT2D eigenvalue weighted by atomic mass is 10.1. The van der Waals surface area contributed by atoms with Crippen molar-refractivity contribution >= 4 is 28.2 Å². The highest BCUT2D eigenvalue weighted by Crippen LogP contribution is 2.29. The second-order valence-electron chi connectivity index (χ2n) is 4.17. The summed E-state index contributed by atoms with van der Waals surface area (Å²) >= 11 is 1.41. The maximum atomic E-state index is 12.2. The van der Waals surface area contributed by atoms with Crippen molar-refractivity contribution in [3.8, 4) is 0 Å². The van der Waals surface area contributed by atoms with E-state index in [9.17, 15) is 4.79 Å². The molecule has 3 heterocycles. The average molecular weight is 263 g/mol. The number of nitrogens with one attached hydrogen (secondary N) is 2. The van der Waals surface area contributed by atoms with Crippen LogP contribution >= 0.6 is 11.3 Å². The van der Waals surface area contributed by atoms with Crippen molar-refractivity contribution in [1.29, 1.82) is 0 Å². The molecule has 1 aliphatic rings. The molecule has 0 aromatic carbocycles. The number of carbonyl (C=O) groups excluding carboxylic acids is 1. The van der Waals surface area contributed by atoms with Gasteiger partial charge >= 0.3 is 6.03 Å². The van der Waals surface area contributed by atoms with Crippen LogP contribution in [-0.4, -0.2) is 27.8 Å². The SMILES string of the molecule is Cc1[nH]nc2c1N(C(=O)Nc1nccs1)CCC2. The minimum Gasteiger partial charge on any atom is -0.290 e. The Bertz CT molecular complexity index is 562. The fraction of sp³-hybridized carbons (Fsp3) is 0.364. The van der Waals surface area contributed by atoms with Crippen molar-refractivity contribution in [3.05, 3.63) is 23.0 Å². The van der Waals surface area contributed by atoms with Crippen LogP contribution in [-0.2, 0) is 6.42 Å². The summed E-state index contributed by atoms with van der Waals surface area (Å²) in [4.78, 5) is 18.0. The average Bonchev–Trinajstić information content (AvgIpc) is 2.99. The van der Waals surface area contributed by atoms with Crippen LogP contribution in [0.25, 0.3) is 0 Å². The largest absolute Gasteiger partial charge is 0.328 e. The molecule has 0 fully saturated rings. The van der Waals surface area contributed by atoms with Gasteiger partial charge in [0.2, 0.25) is 0 Å². The Balaban J connectivity index is 1.85. The van der Waals surface area contributed by atoms with E-state index in [1.807, 2.05) is 12.3 Å². The number of hydrogen-bond donors (Lipinski definition) is 2. The van der Waals surface area contributed by atoms with Crippen molar-refractivity contribution < 1.29 is 4.79 Å². The molecule has 0 unspecified atom stereocenters. The molecule has 0 atom stereocenters. The van der Waals surface area contributed by atoms with Crippen LogP contribution in [0.4, 0.5) is 15.6 Å². The lowest BCUT2D eigenvalue weighted by Crippen LogP contribution is -2.38. The second kappa shape index (κ2) is 4.41. The van der Waals surface area contributed by atoms with E-state index < -0.39 is 0 Å². The van der Waals surface area contributed by atoms with E-state index in [1.165, 1.54) is 11.3 Å². The predicted octanol–water partition coefficient (Wildman–Crippen LogP) is 2.16. The summed E-state index contributed by atoms with van der Waals surface area (Å²) in [6.45, 7) is 2.64. The Morgan fingerprint density at radius 1 is 1.61 bits per heavy atom. The molecule has 2 aromatic rings. The van der Waals surface area contributed by atoms with Gasteiger partial charge in [0.15, 0.2) is 5.13 Å². The number of carbonyl (C=O) groups is 1. The van der Waals surface area contributed by atoms with Gasteiger partial charge in [0, 0.05) is 18.1 Å². The standard InChI is InChI=1S/C11H13N5OS/c1-7-9-8(15-14-7)3-2-5-16(9)11(17)13-10-12-4-6-18-10/h4,6H,2-3,5H2,1H3,(H,14,15)(H,12,13,17). The highest BCUT2D eigenvalue weighted by atomic mass is 32.1. The summed E-state index contributed by atoms with van der Waals surface area (Å²) in [6.07, 6.45) is 3.52. The third kappa shape index (κ3) is 1.86. The van der Waals surface area contributed by atoms with E-state index in [-0.39, 0.29) is 6.03 Å². The molecule has 2 N–H and O–H groups in total. The molecular weight excluding hydrogens is 250 g/mol. The second-order valence-corrected chi connectivity index (χ2v) is 5.06. The first-order valence-electron chi connectivity index (χ1n) is 5.77. The number of H-pyrrole nitrogens is 1. The van der Waals surface area contributed by atoms with Gasteiger partial charge < -0.3 is 0 Å². The van der Waals surface area contributed by atoms with E-state index in [4.69, 9.17) is 0 Å². The quantitative estimate of drug-likeness (QED) is 0.828. The van der Waals surface area contributed by atoms with Crippen LogP contribution in [0.1, 0.15) is 17.8 Å². The zero-order valence-corrected chi connectivity index (χ0v) is 10.8. The number of urea groups is 1. The van der Waals surface area contributed by atoms with E-state index in [2.05, 4.69) is 20.5 Å². The first kappa shape index (κ1) is 11.2. The molecule has 94 valence electrons. The monoisotopic (exact) mass is 263 g/mol. The third-order valence-corrected chi connectivity index (χ3v) is 3.63. The van der Waals surface area contributed by atoms with E-state index in [1.54, 1.807) is 11.1 Å². The first-order chi connectivity index (χ1) is 8.75. The van der Waals surface area contributed by atoms with Crippen molar-refractivity contribution in [2.75, 3.05) is 16.8 Å². The van der Waals surface area contributed by atoms with Crippen molar-refractivity contribution in [2.24, 2.45) is 0 Å². The molecule has 3 rings (SSSR count). The predicted molar refractivity (Wildman–Crippen MR) is 70.1 cm³/mol. The van der Waals surface area contributed by atoms with Crippen LogP contribution < -0.4 is 10.2 Å². The van der Waals surface area contributed by atoms with Gasteiger partial charge in [-0.2, -0.15) is 5.10 Å². The van der Waals surface area contributed by atoms with E-state index in [0.717, 1.165) is 29.9 Å². The number of aromatic nitrogens is 3. The maximum Gasteiger partial charge on any atom is 0.328 e. The Kier molecular flexibility index (Phi) is 2.75. The Morgan fingerprint density at radius 2 is 2.50 bits per heavy atom. The topological polar surface area (TPSA) is 73.9 Å². The van der Waals surface area contributed by atoms with Crippen molar-refractivity contribution in [2.45, 2.75) is 19.8 Å². The summed E-state index contributed by atoms with van der Waals surface area (Å²) in [6, 6.07) is -0.143. The number of amides is 2. The third-order valence-electron chi connectivity index (χ3n) is 2.94. The van der Waals surface area contributed by atoms with E-state index >= 15 is 0 Å². The molecule has 1 aliphatic heterocycles. The Hall–Kier alpha value is -1.89. The number of hydrogen-bond acceptors (Lipinski definition) is 4. The highest BCUT2D eigenvalue weighted by Gasteiger charge is 2.26. The molecule has 7 heteroatoms. The summed E-state index contributed by atoms with van der Waals surface area (Å²) in [5, 5.41) is 12.4. The number of aromatic amines is 1. The molecule has 6 nitrogen and oxygen atoms in total. The smallest absolute Gasteiger partial charge is 0.290 e. The van der Waals surface area contributed by atoms with Crippen LogP contribution in [0.5, 0.6) is 0 Å². The number of anilines is 2. The van der Waals surface area contributed by atoms with Gasteiger partial charge in [-0.3, -0.25) is 15.3 Å². The Morgan fingerprint density at radius 3 is 3.28 bits per heavy atom. The summed E-state index contributed by atoms with van der Waals surface area (Å²) in [5.41, 5.74) is 2.81. The first-order valence-corrected chi connectivity index (χ1v) is 6.65. The van der Waals surface area contributed by atoms with Gasteiger partial charge in [-0.25, -0.2) is 9.78 Å². The molecule has 0 radical (unpaired) electrons. The molecule has 0 saturated heterocycles. The lowest BCUT2D eigenvalue weighted by Gasteiger charge is -2.26. The van der Waals surface area contributed by atoms with Crippen molar-refractivity contribution in [1.82, 2.24) is 15.2 Å². The highest BCUT2D eigenvalue weighted by molar-refractivity contribution is 7.13. The zero-order chi connectivity index (χ0) is 12.5. The Labute approximate surface area is 108 Å².